The number of sulfonamides is 1. The van der Waals surface area contributed by atoms with E-state index in [1.165, 1.54) is 18.2 Å². The minimum atomic E-state index is -4.20. The monoisotopic (exact) mass is 501 g/mol. The highest BCUT2D eigenvalue weighted by atomic mass is 32.2. The van der Waals surface area contributed by atoms with Crippen LogP contribution in [0, 0.1) is 12.7 Å². The summed E-state index contributed by atoms with van der Waals surface area (Å²) < 4.78 is 44.3. The number of nitrogens with one attached hydrogen (secondary N) is 2. The maximum absolute atomic E-state index is 14.5. The van der Waals surface area contributed by atoms with E-state index < -0.39 is 21.7 Å². The van der Waals surface area contributed by atoms with Gasteiger partial charge in [0.1, 0.15) is 5.82 Å². The number of aromatic nitrogens is 3. The zero-order chi connectivity index (χ0) is 25.9. The molecule has 8 nitrogen and oxygen atoms in total. The molecule has 3 aromatic rings. The fourth-order valence-electron chi connectivity index (χ4n) is 4.04. The van der Waals surface area contributed by atoms with Crippen LogP contribution in [0.4, 0.5) is 4.39 Å². The third kappa shape index (κ3) is 6.12. The van der Waals surface area contributed by atoms with E-state index in [4.69, 9.17) is 0 Å². The van der Waals surface area contributed by atoms with Crippen molar-refractivity contribution in [2.75, 3.05) is 7.05 Å². The van der Waals surface area contributed by atoms with Gasteiger partial charge in [-0.05, 0) is 80.3 Å². The van der Waals surface area contributed by atoms with Crippen LogP contribution in [0.15, 0.2) is 41.6 Å². The lowest BCUT2D eigenvalue weighted by Crippen LogP contribution is -2.32. The number of benzene rings is 1. The highest BCUT2D eigenvalue weighted by molar-refractivity contribution is 7.90. The van der Waals surface area contributed by atoms with Crippen LogP contribution in [0.5, 0.6) is 0 Å². The Morgan fingerprint density at radius 2 is 1.86 bits per heavy atom. The number of rotatable bonds is 9. The Morgan fingerprint density at radius 3 is 2.46 bits per heavy atom. The number of halogens is 1. The van der Waals surface area contributed by atoms with Crippen molar-refractivity contribution in [3.05, 3.63) is 64.9 Å². The van der Waals surface area contributed by atoms with Crippen molar-refractivity contribution < 1.29 is 17.6 Å². The summed E-state index contributed by atoms with van der Waals surface area (Å²) in [6.45, 7) is 9.84. The Labute approximate surface area is 206 Å². The van der Waals surface area contributed by atoms with Gasteiger partial charge in [0.15, 0.2) is 5.03 Å². The molecule has 0 radical (unpaired) electrons. The summed E-state index contributed by atoms with van der Waals surface area (Å²) >= 11 is 0. The number of amides is 1. The molecule has 0 aliphatic heterocycles. The Morgan fingerprint density at radius 1 is 1.14 bits per heavy atom. The molecule has 0 fully saturated rings. The van der Waals surface area contributed by atoms with Crippen molar-refractivity contribution in [2.24, 2.45) is 0 Å². The van der Waals surface area contributed by atoms with Gasteiger partial charge in [0.2, 0.25) is 5.91 Å². The molecule has 0 spiro atoms. The molecule has 35 heavy (non-hydrogen) atoms. The summed E-state index contributed by atoms with van der Waals surface area (Å²) in [7, 11) is -2.45. The average molecular weight is 502 g/mol. The highest BCUT2D eigenvalue weighted by Crippen LogP contribution is 2.32. The van der Waals surface area contributed by atoms with Crippen molar-refractivity contribution in [1.29, 1.82) is 0 Å². The molecule has 0 atom stereocenters. The Bertz CT molecular complexity index is 1330. The molecular weight excluding hydrogens is 469 g/mol. The number of aryl methyl sites for hydroxylation is 1. The van der Waals surface area contributed by atoms with Crippen LogP contribution in [0.3, 0.4) is 0 Å². The van der Waals surface area contributed by atoms with Gasteiger partial charge in [-0.1, -0.05) is 13.8 Å². The second-order valence-corrected chi connectivity index (χ2v) is 10.7. The maximum atomic E-state index is 14.5. The van der Waals surface area contributed by atoms with Gasteiger partial charge in [-0.2, -0.15) is 13.5 Å². The standard InChI is InChI=1S/C25H32FN5O3S/c1-15(2)21-10-19(26)11-22(18-7-8-28-17(5)9-18)23(21)13-24(32)30-35(33,34)25-12-20(14-27-6)31(29-25)16(3)4/h7-12,15-16,27H,13-14H2,1-6H3,(H,30,32). The number of hydrogen-bond donors (Lipinski definition) is 2. The maximum Gasteiger partial charge on any atom is 0.283 e. The number of carbonyl (C=O) groups is 1. The van der Waals surface area contributed by atoms with Gasteiger partial charge >= 0.3 is 0 Å². The van der Waals surface area contributed by atoms with E-state index in [9.17, 15) is 17.6 Å². The lowest BCUT2D eigenvalue weighted by molar-refractivity contribution is -0.118. The molecule has 0 bridgehead atoms. The fraction of sp³-hybridized carbons (Fsp3) is 0.400. The first kappa shape index (κ1) is 26.5. The lowest BCUT2D eigenvalue weighted by atomic mass is 9.88. The largest absolute Gasteiger partial charge is 0.314 e. The van der Waals surface area contributed by atoms with Gasteiger partial charge in [-0.25, -0.2) is 9.11 Å². The molecule has 0 aliphatic rings. The predicted octanol–water partition coefficient (Wildman–Crippen LogP) is 3.86. The minimum absolute atomic E-state index is 0.0582. The summed E-state index contributed by atoms with van der Waals surface area (Å²) in [5, 5.41) is 6.97. The van der Waals surface area contributed by atoms with Gasteiger partial charge in [-0.3, -0.25) is 14.5 Å². The summed E-state index contributed by atoms with van der Waals surface area (Å²) in [5.41, 5.74) is 3.88. The third-order valence-electron chi connectivity index (χ3n) is 5.58. The second kappa shape index (κ2) is 10.7. The summed E-state index contributed by atoms with van der Waals surface area (Å²) in [4.78, 5) is 17.2. The smallest absolute Gasteiger partial charge is 0.283 e. The van der Waals surface area contributed by atoms with E-state index in [0.717, 1.165) is 5.69 Å². The zero-order valence-electron chi connectivity index (χ0n) is 20.9. The van der Waals surface area contributed by atoms with Gasteiger partial charge in [0.25, 0.3) is 10.0 Å². The molecule has 0 saturated heterocycles. The number of carbonyl (C=O) groups excluding carboxylic acids is 1. The molecule has 1 amide bonds. The van der Waals surface area contributed by atoms with Crippen LogP contribution in [0.1, 0.15) is 62.2 Å². The first-order valence-electron chi connectivity index (χ1n) is 11.5. The normalized spacial score (nSPS) is 11.9. The van der Waals surface area contributed by atoms with Crippen molar-refractivity contribution in [3.8, 4) is 11.1 Å². The van der Waals surface area contributed by atoms with Crippen molar-refractivity contribution in [1.82, 2.24) is 24.8 Å². The van der Waals surface area contributed by atoms with Gasteiger partial charge < -0.3 is 5.32 Å². The van der Waals surface area contributed by atoms with Crippen LogP contribution in [-0.2, 0) is 27.8 Å². The van der Waals surface area contributed by atoms with E-state index >= 15 is 0 Å². The van der Waals surface area contributed by atoms with E-state index in [-0.39, 0.29) is 23.4 Å². The van der Waals surface area contributed by atoms with Crippen molar-refractivity contribution in [2.45, 2.75) is 64.6 Å². The molecule has 2 N–H and O–H groups in total. The molecule has 188 valence electrons. The minimum Gasteiger partial charge on any atom is -0.314 e. The van der Waals surface area contributed by atoms with Crippen LogP contribution in [0.25, 0.3) is 11.1 Å². The first-order chi connectivity index (χ1) is 16.4. The van der Waals surface area contributed by atoms with Crippen LogP contribution >= 0.6 is 0 Å². The molecule has 0 unspecified atom stereocenters. The van der Waals surface area contributed by atoms with E-state index in [1.54, 1.807) is 30.1 Å². The van der Waals surface area contributed by atoms with Crippen LogP contribution in [-0.4, -0.2) is 36.1 Å². The molecular formula is C25H32FN5O3S. The molecule has 3 rings (SSSR count). The van der Waals surface area contributed by atoms with Gasteiger partial charge in [-0.15, -0.1) is 0 Å². The molecule has 2 heterocycles. The summed E-state index contributed by atoms with van der Waals surface area (Å²) in [6.07, 6.45) is 1.38. The lowest BCUT2D eigenvalue weighted by Gasteiger charge is -2.18. The topological polar surface area (TPSA) is 106 Å². The van der Waals surface area contributed by atoms with Crippen molar-refractivity contribution >= 4 is 15.9 Å². The number of hydrogen-bond acceptors (Lipinski definition) is 6. The van der Waals surface area contributed by atoms with E-state index in [2.05, 4.69) is 20.1 Å². The SMILES string of the molecule is CNCc1cc(S(=O)(=O)NC(=O)Cc2c(-c3ccnc(C)c3)cc(F)cc2C(C)C)nn1C(C)C. The van der Waals surface area contributed by atoms with Gasteiger partial charge in [0.05, 0.1) is 12.1 Å². The first-order valence-corrected chi connectivity index (χ1v) is 12.9. The van der Waals surface area contributed by atoms with Crippen molar-refractivity contribution in [3.63, 3.8) is 0 Å². The van der Waals surface area contributed by atoms with E-state index in [1.807, 2.05) is 34.6 Å². The Hall–Kier alpha value is -3.11. The molecule has 0 saturated carbocycles. The highest BCUT2D eigenvalue weighted by Gasteiger charge is 2.25. The number of pyridine rings is 1. The van der Waals surface area contributed by atoms with Gasteiger partial charge in [0, 0.05) is 30.5 Å². The number of nitrogens with zero attached hydrogens (tertiary/aromatic N) is 3. The average Bonchev–Trinajstić information content (AvgIpc) is 3.20. The predicted molar refractivity (Wildman–Crippen MR) is 133 cm³/mol. The summed E-state index contributed by atoms with van der Waals surface area (Å²) in [6, 6.07) is 7.70. The molecule has 2 aromatic heterocycles. The van der Waals surface area contributed by atoms with Crippen LogP contribution < -0.4 is 10.0 Å². The molecule has 10 heteroatoms. The Balaban J connectivity index is 1.97. The second-order valence-electron chi connectivity index (χ2n) is 9.11. The quantitative estimate of drug-likeness (QED) is 0.461. The molecule has 0 aliphatic carbocycles. The fourth-order valence-corrected chi connectivity index (χ4v) is 5.00. The third-order valence-corrected chi connectivity index (χ3v) is 6.82. The van der Waals surface area contributed by atoms with E-state index in [0.29, 0.717) is 34.5 Å². The zero-order valence-corrected chi connectivity index (χ0v) is 21.7. The van der Waals surface area contributed by atoms with Crippen LogP contribution in [0.2, 0.25) is 0 Å². The molecule has 1 aromatic carbocycles. The Kier molecular flexibility index (Phi) is 8.07. The summed E-state index contributed by atoms with van der Waals surface area (Å²) in [5.74, 6) is -1.23.